The van der Waals surface area contributed by atoms with Crippen LogP contribution in [0.25, 0.3) is 0 Å². The van der Waals surface area contributed by atoms with Gasteiger partial charge in [-0.3, -0.25) is 9.59 Å². The lowest BCUT2D eigenvalue weighted by atomic mass is 9.69. The third-order valence-corrected chi connectivity index (χ3v) is 6.50. The number of rotatable bonds is 4. The molecule has 2 aliphatic heterocycles. The molecule has 2 fully saturated rings. The number of nitrogens with zero attached hydrogens (tertiary/aromatic N) is 1. The van der Waals surface area contributed by atoms with E-state index in [1.807, 2.05) is 33.9 Å². The number of carbonyl (C=O) groups is 3. The molecule has 0 bridgehead atoms. The fourth-order valence-corrected chi connectivity index (χ4v) is 5.59. The summed E-state index contributed by atoms with van der Waals surface area (Å²) in [6.45, 7) is 11.9. The van der Waals surface area contributed by atoms with E-state index in [-0.39, 0.29) is 34.5 Å². The number of β-lactam (4-membered cyclic amide) rings is 1. The van der Waals surface area contributed by atoms with E-state index in [4.69, 9.17) is 4.43 Å². The number of carboxylic acids is 1. The van der Waals surface area contributed by atoms with Crippen LogP contribution in [0.2, 0.25) is 13.1 Å². The number of aliphatic carboxylic acids is 1. The summed E-state index contributed by atoms with van der Waals surface area (Å²) >= 11 is 0.739. The standard InChI is InChI=1S/C15H25NO5SSi/c1-7-9-8(10(15(2,3)4)21-23(5)6)11(17)16(9)12(13(18)19)22-14(7)20/h7-10,12,23H,1-6H3,(H,18,19)/t7-,8+,9-,10-,12?/m1/s1. The molecule has 0 saturated carbocycles. The van der Waals surface area contributed by atoms with Crippen molar-refractivity contribution in [1.82, 2.24) is 4.90 Å². The Balaban J connectivity index is 2.35. The summed E-state index contributed by atoms with van der Waals surface area (Å²) in [4.78, 5) is 37.7. The molecule has 0 aromatic carbocycles. The Morgan fingerprint density at radius 3 is 2.35 bits per heavy atom. The second kappa shape index (κ2) is 6.21. The van der Waals surface area contributed by atoms with E-state index in [0.29, 0.717) is 0 Å². The predicted octanol–water partition coefficient (Wildman–Crippen LogP) is 1.55. The number of hydrogen-bond donors (Lipinski definition) is 1. The third kappa shape index (κ3) is 3.21. The van der Waals surface area contributed by atoms with Gasteiger partial charge in [-0.05, 0) is 18.5 Å². The number of thioether (sulfide) groups is 1. The van der Waals surface area contributed by atoms with Crippen molar-refractivity contribution in [3.8, 4) is 0 Å². The smallest absolute Gasteiger partial charge is 0.337 e. The van der Waals surface area contributed by atoms with Gasteiger partial charge in [-0.15, -0.1) is 0 Å². The fourth-order valence-electron chi connectivity index (χ4n) is 3.39. The van der Waals surface area contributed by atoms with E-state index >= 15 is 0 Å². The van der Waals surface area contributed by atoms with Crippen molar-refractivity contribution in [2.24, 2.45) is 17.3 Å². The van der Waals surface area contributed by atoms with E-state index in [1.54, 1.807) is 6.92 Å². The highest BCUT2D eigenvalue weighted by Crippen LogP contribution is 2.48. The third-order valence-electron chi connectivity index (χ3n) is 4.40. The van der Waals surface area contributed by atoms with E-state index in [2.05, 4.69) is 0 Å². The van der Waals surface area contributed by atoms with Gasteiger partial charge in [0.15, 0.2) is 19.5 Å². The summed E-state index contributed by atoms with van der Waals surface area (Å²) in [6.07, 6.45) is -0.296. The Labute approximate surface area is 142 Å². The minimum Gasteiger partial charge on any atom is -0.479 e. The quantitative estimate of drug-likeness (QED) is 0.606. The van der Waals surface area contributed by atoms with Crippen LogP contribution in [0.1, 0.15) is 27.7 Å². The van der Waals surface area contributed by atoms with Crippen LogP contribution in [-0.4, -0.2) is 53.6 Å². The Morgan fingerprint density at radius 1 is 1.35 bits per heavy atom. The van der Waals surface area contributed by atoms with Gasteiger partial charge in [-0.25, -0.2) is 4.79 Å². The van der Waals surface area contributed by atoms with Gasteiger partial charge in [0, 0.05) is 5.92 Å². The molecule has 2 saturated heterocycles. The van der Waals surface area contributed by atoms with Crippen LogP contribution in [0.4, 0.5) is 0 Å². The van der Waals surface area contributed by atoms with Crippen LogP contribution in [-0.2, 0) is 18.8 Å². The molecule has 1 unspecified atom stereocenters. The summed E-state index contributed by atoms with van der Waals surface area (Å²) in [5.41, 5.74) is -0.254. The number of amides is 1. The molecule has 0 spiro atoms. The number of carbonyl (C=O) groups excluding carboxylic acids is 2. The van der Waals surface area contributed by atoms with Crippen molar-refractivity contribution in [2.75, 3.05) is 0 Å². The molecule has 0 aromatic rings. The summed E-state index contributed by atoms with van der Waals surface area (Å²) < 4.78 is 6.14. The van der Waals surface area contributed by atoms with E-state index in [1.165, 1.54) is 4.90 Å². The molecular formula is C15H25NO5SSi. The van der Waals surface area contributed by atoms with E-state index < -0.39 is 26.3 Å². The molecule has 2 rings (SSSR count). The van der Waals surface area contributed by atoms with Crippen molar-refractivity contribution >= 4 is 37.8 Å². The number of fused-ring (bicyclic) bond motifs is 1. The molecule has 1 N–H and O–H groups in total. The lowest BCUT2D eigenvalue weighted by Crippen LogP contribution is -2.74. The van der Waals surface area contributed by atoms with Gasteiger partial charge in [0.1, 0.15) is 0 Å². The Hall–Kier alpha value is -0.863. The lowest BCUT2D eigenvalue weighted by Gasteiger charge is -2.58. The zero-order valence-electron chi connectivity index (χ0n) is 14.4. The molecule has 2 heterocycles. The topological polar surface area (TPSA) is 83.9 Å². The molecule has 8 heteroatoms. The molecule has 5 atom stereocenters. The second-order valence-electron chi connectivity index (χ2n) is 7.65. The summed E-state index contributed by atoms with van der Waals surface area (Å²) in [5, 5.41) is 8.05. The first-order valence-electron chi connectivity index (χ1n) is 7.87. The van der Waals surface area contributed by atoms with Crippen molar-refractivity contribution in [1.29, 1.82) is 0 Å². The average molecular weight is 360 g/mol. The SMILES string of the molecule is C[C@H]1C(=O)SC(C(=O)O)N2C(=O)[C@H]([C@@H](O[SiH](C)C)C(C)(C)C)[C@@H]12. The van der Waals surface area contributed by atoms with Gasteiger partial charge in [0.05, 0.1) is 18.1 Å². The van der Waals surface area contributed by atoms with E-state index in [0.717, 1.165) is 11.8 Å². The fraction of sp³-hybridized carbons (Fsp3) is 0.800. The van der Waals surface area contributed by atoms with Crippen molar-refractivity contribution in [3.63, 3.8) is 0 Å². The maximum absolute atomic E-state index is 12.7. The molecular weight excluding hydrogens is 334 g/mol. The van der Waals surface area contributed by atoms with Crippen molar-refractivity contribution in [3.05, 3.63) is 0 Å². The number of hydrogen-bond acceptors (Lipinski definition) is 5. The van der Waals surface area contributed by atoms with Gasteiger partial charge in [0.25, 0.3) is 0 Å². The summed E-state index contributed by atoms with van der Waals surface area (Å²) in [6, 6.07) is -0.380. The Morgan fingerprint density at radius 2 is 1.91 bits per heavy atom. The van der Waals surface area contributed by atoms with Crippen LogP contribution < -0.4 is 0 Å². The first-order chi connectivity index (χ1) is 10.5. The molecule has 0 aromatic heterocycles. The maximum atomic E-state index is 12.7. The van der Waals surface area contributed by atoms with Gasteiger partial charge in [-0.1, -0.05) is 39.5 Å². The lowest BCUT2D eigenvalue weighted by molar-refractivity contribution is -0.181. The normalized spacial score (nSPS) is 32.6. The van der Waals surface area contributed by atoms with Crippen LogP contribution in [0.15, 0.2) is 0 Å². The van der Waals surface area contributed by atoms with Crippen LogP contribution in [0, 0.1) is 17.3 Å². The molecule has 23 heavy (non-hydrogen) atoms. The van der Waals surface area contributed by atoms with E-state index in [9.17, 15) is 19.5 Å². The van der Waals surface area contributed by atoms with Crippen LogP contribution >= 0.6 is 11.8 Å². The van der Waals surface area contributed by atoms with Crippen LogP contribution in [0.3, 0.4) is 0 Å². The van der Waals surface area contributed by atoms with Crippen LogP contribution in [0.5, 0.6) is 0 Å². The van der Waals surface area contributed by atoms with Crippen molar-refractivity contribution < 1.29 is 23.9 Å². The van der Waals surface area contributed by atoms with Crippen molar-refractivity contribution in [2.45, 2.75) is 58.3 Å². The zero-order chi connectivity index (χ0) is 17.7. The highest BCUT2D eigenvalue weighted by atomic mass is 32.2. The Bertz CT molecular complexity index is 532. The largest absolute Gasteiger partial charge is 0.479 e. The average Bonchev–Trinajstić information content (AvgIpc) is 2.39. The molecule has 1 amide bonds. The van der Waals surface area contributed by atoms with Gasteiger partial charge < -0.3 is 14.4 Å². The van der Waals surface area contributed by atoms with Gasteiger partial charge in [-0.2, -0.15) is 0 Å². The summed E-state index contributed by atoms with van der Waals surface area (Å²) in [7, 11) is -1.39. The maximum Gasteiger partial charge on any atom is 0.337 e. The molecule has 6 nitrogen and oxygen atoms in total. The highest BCUT2D eigenvalue weighted by Gasteiger charge is 2.63. The second-order valence-corrected chi connectivity index (χ2v) is 11.1. The Kier molecular flexibility index (Phi) is 4.99. The molecule has 0 radical (unpaired) electrons. The zero-order valence-corrected chi connectivity index (χ0v) is 16.4. The number of carboxylic acid groups (broad SMARTS) is 1. The van der Waals surface area contributed by atoms with Gasteiger partial charge >= 0.3 is 5.97 Å². The first kappa shape index (κ1) is 18.5. The first-order valence-corrected chi connectivity index (χ1v) is 11.5. The predicted molar refractivity (Wildman–Crippen MR) is 90.5 cm³/mol. The molecule has 2 aliphatic rings. The minimum atomic E-state index is -1.39. The highest BCUT2D eigenvalue weighted by molar-refractivity contribution is 8.14. The summed E-state index contributed by atoms with van der Waals surface area (Å²) in [5.74, 6) is -2.16. The molecule has 130 valence electrons. The molecule has 0 aliphatic carbocycles. The monoisotopic (exact) mass is 359 g/mol. The minimum absolute atomic E-state index is 0.161. The van der Waals surface area contributed by atoms with Gasteiger partial charge in [0.2, 0.25) is 5.91 Å².